The highest BCUT2D eigenvalue weighted by molar-refractivity contribution is 7.16. The number of carbonyl (C=O) groups excluding carboxylic acids is 2. The number of nitrogens with zero attached hydrogens (tertiary/aromatic N) is 2. The van der Waals surface area contributed by atoms with Crippen LogP contribution < -0.4 is 4.90 Å². The fraction of sp³-hybridized carbons (Fsp3) is 0.190. The summed E-state index contributed by atoms with van der Waals surface area (Å²) in [6.45, 7) is 5.75. The molecule has 0 aliphatic carbocycles. The van der Waals surface area contributed by atoms with Crippen molar-refractivity contribution in [3.8, 4) is 0 Å². The topological polar surface area (TPSA) is 70.5 Å². The van der Waals surface area contributed by atoms with E-state index in [1.807, 2.05) is 50.4 Å². The van der Waals surface area contributed by atoms with Gasteiger partial charge in [-0.25, -0.2) is 4.98 Å². The molecule has 1 unspecified atom stereocenters. The van der Waals surface area contributed by atoms with E-state index in [-0.39, 0.29) is 11.3 Å². The molecular formula is C21H18N2O3S2. The molecule has 1 N–H and O–H groups in total. The van der Waals surface area contributed by atoms with E-state index < -0.39 is 17.7 Å². The van der Waals surface area contributed by atoms with Crippen LogP contribution >= 0.6 is 22.7 Å². The van der Waals surface area contributed by atoms with E-state index in [2.05, 4.69) is 4.98 Å². The molecule has 1 atom stereocenters. The highest BCUT2D eigenvalue weighted by Gasteiger charge is 2.48. The summed E-state index contributed by atoms with van der Waals surface area (Å²) >= 11 is 2.81. The molecule has 3 heterocycles. The number of aliphatic hydroxyl groups is 1. The first-order chi connectivity index (χ1) is 13.4. The molecule has 1 fully saturated rings. The van der Waals surface area contributed by atoms with Gasteiger partial charge in [0.15, 0.2) is 5.13 Å². The van der Waals surface area contributed by atoms with Gasteiger partial charge < -0.3 is 5.11 Å². The smallest absolute Gasteiger partial charge is 0.301 e. The Morgan fingerprint density at radius 3 is 2.39 bits per heavy atom. The van der Waals surface area contributed by atoms with Crippen LogP contribution in [0.1, 0.15) is 32.6 Å². The lowest BCUT2D eigenvalue weighted by Crippen LogP contribution is -2.29. The highest BCUT2D eigenvalue weighted by Crippen LogP contribution is 2.44. The van der Waals surface area contributed by atoms with Gasteiger partial charge >= 0.3 is 5.91 Å². The first-order valence-corrected chi connectivity index (χ1v) is 10.4. The molecule has 1 aromatic carbocycles. The lowest BCUT2D eigenvalue weighted by molar-refractivity contribution is -0.132. The van der Waals surface area contributed by atoms with Crippen LogP contribution in [0.3, 0.4) is 0 Å². The molecule has 28 heavy (non-hydrogen) atoms. The fourth-order valence-corrected chi connectivity index (χ4v) is 4.93. The Labute approximate surface area is 170 Å². The Kier molecular flexibility index (Phi) is 4.64. The maximum Gasteiger partial charge on any atom is 0.301 e. The van der Waals surface area contributed by atoms with Crippen molar-refractivity contribution in [1.29, 1.82) is 0 Å². The first-order valence-electron chi connectivity index (χ1n) is 8.74. The minimum absolute atomic E-state index is 0.0989. The van der Waals surface area contributed by atoms with Crippen LogP contribution in [0.15, 0.2) is 47.4 Å². The number of ketones is 1. The van der Waals surface area contributed by atoms with E-state index >= 15 is 0 Å². The number of thiazole rings is 1. The van der Waals surface area contributed by atoms with Gasteiger partial charge in [0.25, 0.3) is 5.78 Å². The minimum atomic E-state index is -0.693. The third-order valence-corrected chi connectivity index (χ3v) is 6.80. The molecule has 7 heteroatoms. The Morgan fingerprint density at radius 1 is 1.11 bits per heavy atom. The molecule has 1 saturated heterocycles. The third-order valence-electron chi connectivity index (χ3n) is 4.81. The van der Waals surface area contributed by atoms with Gasteiger partial charge in [0, 0.05) is 15.3 Å². The number of carbonyl (C=O) groups is 2. The predicted octanol–water partition coefficient (Wildman–Crippen LogP) is 4.76. The molecule has 0 bridgehead atoms. The van der Waals surface area contributed by atoms with Crippen molar-refractivity contribution in [3.05, 3.63) is 73.9 Å². The van der Waals surface area contributed by atoms with Gasteiger partial charge in [0.05, 0.1) is 11.3 Å². The summed E-state index contributed by atoms with van der Waals surface area (Å²) in [6.07, 6.45) is 0. The summed E-state index contributed by atoms with van der Waals surface area (Å²) in [6, 6.07) is 10.3. The predicted molar refractivity (Wildman–Crippen MR) is 112 cm³/mol. The van der Waals surface area contributed by atoms with Gasteiger partial charge in [-0.3, -0.25) is 14.5 Å². The molecule has 5 nitrogen and oxygen atoms in total. The molecule has 4 rings (SSSR count). The maximum absolute atomic E-state index is 12.9. The van der Waals surface area contributed by atoms with E-state index in [9.17, 15) is 14.7 Å². The van der Waals surface area contributed by atoms with Gasteiger partial charge in [0.1, 0.15) is 11.8 Å². The second kappa shape index (κ2) is 7.00. The number of anilines is 1. The van der Waals surface area contributed by atoms with Gasteiger partial charge in [0.2, 0.25) is 0 Å². The molecule has 0 radical (unpaired) electrons. The Balaban J connectivity index is 1.92. The summed E-state index contributed by atoms with van der Waals surface area (Å²) < 4.78 is 0. The van der Waals surface area contributed by atoms with E-state index in [1.165, 1.54) is 27.6 Å². The zero-order chi connectivity index (χ0) is 20.0. The maximum atomic E-state index is 12.9. The molecule has 1 aliphatic heterocycles. The number of amides is 1. The first kappa shape index (κ1) is 18.6. The van der Waals surface area contributed by atoms with E-state index in [0.717, 1.165) is 21.0 Å². The lowest BCUT2D eigenvalue weighted by Gasteiger charge is -2.21. The van der Waals surface area contributed by atoms with Crippen molar-refractivity contribution >= 4 is 45.3 Å². The van der Waals surface area contributed by atoms with Gasteiger partial charge in [-0.15, -0.1) is 22.7 Å². The van der Waals surface area contributed by atoms with E-state index in [4.69, 9.17) is 0 Å². The number of aryl methyl sites for hydroxylation is 3. The zero-order valence-electron chi connectivity index (χ0n) is 15.6. The fourth-order valence-electron chi connectivity index (χ4n) is 3.17. The van der Waals surface area contributed by atoms with Crippen LogP contribution in [0.4, 0.5) is 5.13 Å². The number of benzene rings is 1. The number of aliphatic hydroxyl groups excluding tert-OH is 1. The number of thiophene rings is 1. The van der Waals surface area contributed by atoms with Crippen LogP contribution in [0.2, 0.25) is 0 Å². The van der Waals surface area contributed by atoms with Crippen LogP contribution in [-0.2, 0) is 9.59 Å². The van der Waals surface area contributed by atoms with E-state index in [0.29, 0.717) is 10.7 Å². The second-order valence-electron chi connectivity index (χ2n) is 6.69. The summed E-state index contributed by atoms with van der Waals surface area (Å²) in [5.74, 6) is -1.52. The average molecular weight is 411 g/mol. The van der Waals surface area contributed by atoms with Crippen molar-refractivity contribution in [1.82, 2.24) is 4.98 Å². The molecule has 0 spiro atoms. The Bertz CT molecular complexity index is 1080. The van der Waals surface area contributed by atoms with Crippen LogP contribution in [0, 0.1) is 20.8 Å². The van der Waals surface area contributed by atoms with Crippen LogP contribution in [0.25, 0.3) is 5.76 Å². The Morgan fingerprint density at radius 2 is 1.82 bits per heavy atom. The number of hydrogen-bond donors (Lipinski definition) is 1. The largest absolute Gasteiger partial charge is 0.507 e. The Hall–Kier alpha value is -2.77. The number of rotatable bonds is 3. The highest BCUT2D eigenvalue weighted by atomic mass is 32.1. The number of Topliss-reactive ketones (excluding diaryl/α,β-unsaturated/α-hetero) is 1. The van der Waals surface area contributed by atoms with E-state index in [1.54, 1.807) is 12.1 Å². The van der Waals surface area contributed by atoms with Crippen molar-refractivity contribution in [3.63, 3.8) is 0 Å². The molecule has 1 aliphatic rings. The standard InChI is InChI=1S/C21H18N2O3S2/c1-11-6-8-14(9-7-11)18(24)16-17(15-5-4-10-27-15)23(20(26)19(16)25)21-22-12(2)13(3)28-21/h4-10,17,24H,1-3H3. The molecule has 3 aromatic rings. The molecule has 2 aromatic heterocycles. The summed E-state index contributed by atoms with van der Waals surface area (Å²) in [5, 5.41) is 13.3. The number of aromatic nitrogens is 1. The zero-order valence-corrected chi connectivity index (χ0v) is 17.2. The van der Waals surface area contributed by atoms with Crippen molar-refractivity contribution in [2.75, 3.05) is 4.90 Å². The quantitative estimate of drug-likeness (QED) is 0.384. The molecular weight excluding hydrogens is 392 g/mol. The van der Waals surface area contributed by atoms with Gasteiger partial charge in [-0.1, -0.05) is 35.9 Å². The number of hydrogen-bond acceptors (Lipinski definition) is 6. The van der Waals surface area contributed by atoms with Crippen molar-refractivity contribution in [2.45, 2.75) is 26.8 Å². The van der Waals surface area contributed by atoms with Crippen LogP contribution in [-0.4, -0.2) is 21.8 Å². The normalized spacial score (nSPS) is 18.8. The SMILES string of the molecule is Cc1ccc(C(O)=C2C(=O)C(=O)N(c3nc(C)c(C)s3)C2c2cccs2)cc1. The van der Waals surface area contributed by atoms with Crippen molar-refractivity contribution < 1.29 is 14.7 Å². The summed E-state index contributed by atoms with van der Waals surface area (Å²) in [5.41, 5.74) is 2.48. The molecule has 0 saturated carbocycles. The average Bonchev–Trinajstić information content (AvgIpc) is 3.36. The summed E-state index contributed by atoms with van der Waals surface area (Å²) in [7, 11) is 0. The monoisotopic (exact) mass is 410 g/mol. The second-order valence-corrected chi connectivity index (χ2v) is 8.85. The third kappa shape index (κ3) is 2.96. The van der Waals surface area contributed by atoms with Gasteiger partial charge in [-0.2, -0.15) is 0 Å². The molecule has 1 amide bonds. The lowest BCUT2D eigenvalue weighted by atomic mass is 9.99. The molecule has 142 valence electrons. The van der Waals surface area contributed by atoms with Gasteiger partial charge in [-0.05, 0) is 32.2 Å². The van der Waals surface area contributed by atoms with Crippen LogP contribution in [0.5, 0.6) is 0 Å². The summed E-state index contributed by atoms with van der Waals surface area (Å²) in [4.78, 5) is 33.6. The minimum Gasteiger partial charge on any atom is -0.507 e. The van der Waals surface area contributed by atoms with Crippen molar-refractivity contribution in [2.24, 2.45) is 0 Å².